The molecule has 5 rings (SSSR count). The number of aryl methyl sites for hydroxylation is 2. The fourth-order valence-electron chi connectivity index (χ4n) is 6.08. The maximum Gasteiger partial charge on any atom is 0.335 e. The largest absolute Gasteiger partial charge is 0.488 e. The van der Waals surface area contributed by atoms with Crippen molar-refractivity contribution in [2.24, 2.45) is 11.8 Å². The van der Waals surface area contributed by atoms with E-state index in [0.29, 0.717) is 29.1 Å². The molecule has 3 heterocycles. The highest BCUT2D eigenvalue weighted by atomic mass is 32.2. The van der Waals surface area contributed by atoms with Gasteiger partial charge in [-0.2, -0.15) is 4.98 Å². The van der Waals surface area contributed by atoms with Crippen LogP contribution in [-0.2, 0) is 10.0 Å². The number of sulfonamides is 1. The number of rotatable bonds is 12. The Labute approximate surface area is 281 Å². The fourth-order valence-corrected chi connectivity index (χ4v) is 7.07. The van der Waals surface area contributed by atoms with Crippen LogP contribution in [0.4, 0.5) is 5.95 Å². The molecule has 254 valence electrons. The predicted octanol–water partition coefficient (Wildman–Crippen LogP) is 5.98. The van der Waals surface area contributed by atoms with Crippen molar-refractivity contribution in [3.8, 4) is 22.9 Å². The number of aromatic carboxylic acids is 1. The molecule has 0 radical (unpaired) electrons. The first-order valence-corrected chi connectivity index (χ1v) is 17.5. The van der Waals surface area contributed by atoms with Crippen molar-refractivity contribution >= 4 is 21.9 Å². The van der Waals surface area contributed by atoms with E-state index < -0.39 is 16.0 Å². The molecule has 3 atom stereocenters. The molecule has 0 amide bonds. The van der Waals surface area contributed by atoms with E-state index in [1.54, 1.807) is 18.5 Å². The average Bonchev–Trinajstić information content (AvgIpc) is 3.03. The molecule has 1 aliphatic rings. The second kappa shape index (κ2) is 14.7. The smallest absolute Gasteiger partial charge is 0.335 e. The van der Waals surface area contributed by atoms with E-state index in [0.717, 1.165) is 35.6 Å². The number of nitrogens with zero attached hydrogens (tertiary/aromatic N) is 4. The lowest BCUT2D eigenvalue weighted by molar-refractivity contribution is 0.0696. The summed E-state index contributed by atoms with van der Waals surface area (Å²) < 4.78 is 41.2. The number of nitrogens with one attached hydrogen (secondary N) is 2. The molecule has 0 saturated carbocycles. The Balaban J connectivity index is 1.43. The van der Waals surface area contributed by atoms with Crippen LogP contribution < -0.4 is 19.5 Å². The van der Waals surface area contributed by atoms with Gasteiger partial charge in [0, 0.05) is 17.7 Å². The summed E-state index contributed by atoms with van der Waals surface area (Å²) in [4.78, 5) is 29.4. The van der Waals surface area contributed by atoms with E-state index in [-0.39, 0.29) is 47.1 Å². The highest BCUT2D eigenvalue weighted by Gasteiger charge is 2.34. The Hall–Kier alpha value is -4.62. The molecular formula is C35H42N6O6S. The molecule has 2 aromatic heterocycles. The van der Waals surface area contributed by atoms with Crippen molar-refractivity contribution < 1.29 is 27.8 Å². The van der Waals surface area contributed by atoms with Gasteiger partial charge in [0.25, 0.3) is 10.0 Å². The van der Waals surface area contributed by atoms with Gasteiger partial charge in [0.15, 0.2) is 5.75 Å². The van der Waals surface area contributed by atoms with E-state index in [1.165, 1.54) is 18.2 Å². The van der Waals surface area contributed by atoms with Gasteiger partial charge in [-0.05, 0) is 81.7 Å². The minimum atomic E-state index is -4.24. The monoisotopic (exact) mass is 674 g/mol. The topological polar surface area (TPSA) is 166 Å². The summed E-state index contributed by atoms with van der Waals surface area (Å²) in [5.41, 5.74) is 3.05. The molecule has 1 aliphatic heterocycles. The molecule has 13 heteroatoms. The highest BCUT2D eigenvalue weighted by molar-refractivity contribution is 7.92. The maximum atomic E-state index is 13.4. The number of carboxylic acids is 1. The zero-order valence-electron chi connectivity index (χ0n) is 28.0. The third-order valence-corrected chi connectivity index (χ3v) is 9.70. The Bertz CT molecular complexity index is 1850. The van der Waals surface area contributed by atoms with Crippen LogP contribution in [0, 0.1) is 25.7 Å². The van der Waals surface area contributed by atoms with Gasteiger partial charge in [0.2, 0.25) is 11.8 Å². The van der Waals surface area contributed by atoms with E-state index in [2.05, 4.69) is 43.8 Å². The molecule has 12 nitrogen and oxygen atoms in total. The molecular weight excluding hydrogens is 632 g/mol. The number of ether oxygens (including phenoxy) is 2. The summed E-state index contributed by atoms with van der Waals surface area (Å²) >= 11 is 0. The van der Waals surface area contributed by atoms with E-state index in [1.807, 2.05) is 45.9 Å². The van der Waals surface area contributed by atoms with Gasteiger partial charge in [-0.25, -0.2) is 32.9 Å². The SMILES string of the molecule is Cc1cccc(C)c1-c1cc(OCC2NC(c3ncc(OC(C)C)cn3)CCC2C(C)C)nc(NS(=O)(=O)c2cccc(C(=O)O)c2)n1. The summed E-state index contributed by atoms with van der Waals surface area (Å²) in [5.74, 6) is 0.724. The first-order chi connectivity index (χ1) is 22.8. The van der Waals surface area contributed by atoms with Crippen molar-refractivity contribution in [3.05, 3.63) is 83.4 Å². The van der Waals surface area contributed by atoms with E-state index in [9.17, 15) is 18.3 Å². The van der Waals surface area contributed by atoms with Crippen LogP contribution >= 0.6 is 0 Å². The number of hydrogen-bond acceptors (Lipinski definition) is 10. The summed E-state index contributed by atoms with van der Waals surface area (Å²) in [7, 11) is -4.24. The normalized spacial score (nSPS) is 18.1. The molecule has 1 saturated heterocycles. The first kappa shape index (κ1) is 34.7. The Morgan fingerprint density at radius 3 is 2.33 bits per heavy atom. The van der Waals surface area contributed by atoms with Gasteiger partial charge in [-0.15, -0.1) is 0 Å². The zero-order chi connectivity index (χ0) is 34.6. The van der Waals surface area contributed by atoms with Gasteiger partial charge in [-0.3, -0.25) is 0 Å². The second-order valence-electron chi connectivity index (χ2n) is 12.7. The number of hydrogen-bond donors (Lipinski definition) is 3. The third kappa shape index (κ3) is 8.26. The van der Waals surface area contributed by atoms with Crippen LogP contribution in [0.1, 0.15) is 73.9 Å². The maximum absolute atomic E-state index is 13.4. The van der Waals surface area contributed by atoms with Crippen molar-refractivity contribution in [2.75, 3.05) is 11.3 Å². The third-order valence-electron chi connectivity index (χ3n) is 8.38. The fraction of sp³-hybridized carbons (Fsp3) is 0.400. The minimum Gasteiger partial charge on any atom is -0.488 e. The summed E-state index contributed by atoms with van der Waals surface area (Å²) in [6.45, 7) is 12.4. The minimum absolute atomic E-state index is 0.0246. The van der Waals surface area contributed by atoms with Crippen molar-refractivity contribution in [2.45, 2.75) is 77.5 Å². The number of aromatic nitrogens is 4. The number of carbonyl (C=O) groups is 1. The first-order valence-electron chi connectivity index (χ1n) is 16.0. The molecule has 0 bridgehead atoms. The second-order valence-corrected chi connectivity index (χ2v) is 14.4. The van der Waals surface area contributed by atoms with Crippen LogP contribution in [0.2, 0.25) is 0 Å². The van der Waals surface area contributed by atoms with Gasteiger partial charge in [0.1, 0.15) is 12.4 Å². The van der Waals surface area contributed by atoms with Crippen molar-refractivity contribution in [1.82, 2.24) is 25.3 Å². The molecule has 0 spiro atoms. The molecule has 3 unspecified atom stereocenters. The molecule has 48 heavy (non-hydrogen) atoms. The van der Waals surface area contributed by atoms with Crippen LogP contribution in [-0.4, -0.2) is 58.2 Å². The Kier molecular flexibility index (Phi) is 10.6. The van der Waals surface area contributed by atoms with Gasteiger partial charge >= 0.3 is 5.97 Å². The lowest BCUT2D eigenvalue weighted by Gasteiger charge is -2.38. The molecule has 1 fully saturated rings. The van der Waals surface area contributed by atoms with E-state index >= 15 is 0 Å². The lowest BCUT2D eigenvalue weighted by Crippen LogP contribution is -2.49. The van der Waals surface area contributed by atoms with Gasteiger partial charge < -0.3 is 19.9 Å². The van der Waals surface area contributed by atoms with Crippen LogP contribution in [0.25, 0.3) is 11.3 Å². The van der Waals surface area contributed by atoms with Crippen molar-refractivity contribution in [3.63, 3.8) is 0 Å². The number of anilines is 1. The summed E-state index contributed by atoms with van der Waals surface area (Å²) in [5, 5.41) is 13.1. The van der Waals surface area contributed by atoms with Crippen molar-refractivity contribution in [1.29, 1.82) is 0 Å². The zero-order valence-corrected chi connectivity index (χ0v) is 28.8. The summed E-state index contributed by atoms with van der Waals surface area (Å²) in [6, 6.07) is 12.5. The molecule has 3 N–H and O–H groups in total. The quantitative estimate of drug-likeness (QED) is 0.162. The molecule has 0 aliphatic carbocycles. The predicted molar refractivity (Wildman–Crippen MR) is 182 cm³/mol. The number of piperidine rings is 1. The highest BCUT2D eigenvalue weighted by Crippen LogP contribution is 2.34. The summed E-state index contributed by atoms with van der Waals surface area (Å²) in [6.07, 6.45) is 5.22. The number of carboxylic acid groups (broad SMARTS) is 1. The van der Waals surface area contributed by atoms with Crippen LogP contribution in [0.15, 0.2) is 65.8 Å². The van der Waals surface area contributed by atoms with Gasteiger partial charge in [0.05, 0.1) is 40.7 Å². The van der Waals surface area contributed by atoms with Crippen LogP contribution in [0.5, 0.6) is 11.6 Å². The van der Waals surface area contributed by atoms with Crippen LogP contribution in [0.3, 0.4) is 0 Å². The average molecular weight is 675 g/mol. The lowest BCUT2D eigenvalue weighted by atomic mass is 9.80. The Morgan fingerprint density at radius 1 is 1.00 bits per heavy atom. The Morgan fingerprint density at radius 2 is 1.69 bits per heavy atom. The van der Waals surface area contributed by atoms with Gasteiger partial charge in [-0.1, -0.05) is 38.1 Å². The van der Waals surface area contributed by atoms with E-state index in [4.69, 9.17) is 9.47 Å². The molecule has 2 aromatic carbocycles. The number of benzene rings is 2. The molecule has 4 aromatic rings. The standard InChI is InChI=1S/C35H42N6O6S/c1-20(2)27-13-14-28(33-36-17-25(18-37-33)47-21(3)4)38-30(27)19-46-31-16-29(32-22(5)9-7-10-23(32)6)39-35(40-31)41-48(44,45)26-12-8-11-24(15-26)34(42)43/h7-12,15-18,20-21,27-28,30,38H,13-14,19H2,1-6H3,(H,42,43)(H,39,40,41).